The highest BCUT2D eigenvalue weighted by Crippen LogP contribution is 2.59. The van der Waals surface area contributed by atoms with Gasteiger partial charge in [-0.15, -0.1) is 0 Å². The van der Waals surface area contributed by atoms with Crippen molar-refractivity contribution in [3.05, 3.63) is 0 Å². The molecule has 4 fully saturated rings. The second-order valence-corrected chi connectivity index (χ2v) is 12.8. The molecule has 1 N–H and O–H groups in total. The topological polar surface area (TPSA) is 160 Å². The molecule has 3 aliphatic carbocycles. The third kappa shape index (κ3) is 5.33. The van der Waals surface area contributed by atoms with Gasteiger partial charge < -0.3 is 18.9 Å². The molecule has 226 valence electrons. The predicted octanol–water partition coefficient (Wildman–Crippen LogP) is 3.19. The van der Waals surface area contributed by atoms with Crippen molar-refractivity contribution in [2.75, 3.05) is 0 Å². The molecular formula is C26H36F2O11S. The van der Waals surface area contributed by atoms with Crippen LogP contribution in [0.1, 0.15) is 78.6 Å². The highest BCUT2D eigenvalue weighted by atomic mass is 32.2. The van der Waals surface area contributed by atoms with Gasteiger partial charge in [0.1, 0.15) is 17.8 Å². The Kier molecular flexibility index (Phi) is 8.53. The molecule has 7 atom stereocenters. The van der Waals surface area contributed by atoms with Gasteiger partial charge in [0.05, 0.1) is 24.7 Å². The number of alkyl halides is 2. The van der Waals surface area contributed by atoms with E-state index < -0.39 is 93.8 Å². The van der Waals surface area contributed by atoms with Gasteiger partial charge in [0, 0.05) is 11.8 Å². The van der Waals surface area contributed by atoms with Gasteiger partial charge in [-0.1, -0.05) is 26.7 Å². The van der Waals surface area contributed by atoms with Crippen molar-refractivity contribution < 1.29 is 59.9 Å². The van der Waals surface area contributed by atoms with Crippen LogP contribution in [0.5, 0.6) is 0 Å². The lowest BCUT2D eigenvalue weighted by atomic mass is 9.77. The molecule has 14 heteroatoms. The summed E-state index contributed by atoms with van der Waals surface area (Å²) in [5.74, 6) is -5.34. The van der Waals surface area contributed by atoms with Gasteiger partial charge >= 0.3 is 39.2 Å². The minimum atomic E-state index is -5.82. The summed E-state index contributed by atoms with van der Waals surface area (Å²) < 4.78 is 79.1. The van der Waals surface area contributed by atoms with E-state index in [1.165, 1.54) is 0 Å². The number of hydrogen-bond acceptors (Lipinski definition) is 10. The van der Waals surface area contributed by atoms with Gasteiger partial charge in [0.15, 0.2) is 6.10 Å². The number of hydrogen-bond donors (Lipinski definition) is 1. The minimum absolute atomic E-state index is 0.238. The van der Waals surface area contributed by atoms with Gasteiger partial charge in [0.25, 0.3) is 0 Å². The van der Waals surface area contributed by atoms with Crippen LogP contribution in [0.3, 0.4) is 0 Å². The van der Waals surface area contributed by atoms with Crippen LogP contribution in [0.4, 0.5) is 8.78 Å². The average molecular weight is 595 g/mol. The van der Waals surface area contributed by atoms with Crippen LogP contribution in [-0.2, 0) is 48.2 Å². The minimum Gasteiger partial charge on any atom is -0.459 e. The second kappa shape index (κ2) is 11.1. The SMILES string of the molecule is CCC(CC)(OC(=O)C1C2CC3C(OC(=O)C31)C2OC(=O)CCC(=O)OC(C)C(F)(F)S(=O)(=O)O)C1CCCC1. The molecule has 0 aromatic carbocycles. The predicted molar refractivity (Wildman–Crippen MR) is 131 cm³/mol. The largest absolute Gasteiger partial charge is 0.459 e. The monoisotopic (exact) mass is 594 g/mol. The Bertz CT molecular complexity index is 1130. The number of rotatable bonds is 12. The van der Waals surface area contributed by atoms with Crippen molar-refractivity contribution >= 4 is 34.0 Å². The first kappa shape index (κ1) is 30.6. The fourth-order valence-corrected chi connectivity index (χ4v) is 7.66. The lowest BCUT2D eigenvalue weighted by molar-refractivity contribution is -0.181. The van der Waals surface area contributed by atoms with E-state index in [9.17, 15) is 36.4 Å². The number of halogens is 2. The zero-order valence-electron chi connectivity index (χ0n) is 22.7. The average Bonchev–Trinajstić information content (AvgIpc) is 3.65. The van der Waals surface area contributed by atoms with E-state index in [1.54, 1.807) is 0 Å². The number of fused-ring (bicyclic) bond motifs is 1. The Labute approximate surface area is 231 Å². The summed E-state index contributed by atoms with van der Waals surface area (Å²) in [6.45, 7) is 4.55. The normalized spacial score (nSPS) is 30.7. The van der Waals surface area contributed by atoms with Crippen LogP contribution in [0.15, 0.2) is 0 Å². The lowest BCUT2D eigenvalue weighted by Gasteiger charge is -2.39. The van der Waals surface area contributed by atoms with E-state index in [2.05, 4.69) is 4.74 Å². The third-order valence-electron chi connectivity index (χ3n) is 9.34. The first-order valence-corrected chi connectivity index (χ1v) is 15.3. The van der Waals surface area contributed by atoms with Crippen molar-refractivity contribution in [1.29, 1.82) is 0 Å². The Hall–Kier alpha value is -2.35. The van der Waals surface area contributed by atoms with E-state index in [4.69, 9.17) is 18.8 Å². The molecule has 1 aliphatic heterocycles. The fourth-order valence-electron chi connectivity index (χ4n) is 7.19. The molecule has 7 unspecified atom stereocenters. The quantitative estimate of drug-likeness (QED) is 0.201. The highest BCUT2D eigenvalue weighted by molar-refractivity contribution is 7.86. The summed E-state index contributed by atoms with van der Waals surface area (Å²) in [5, 5.41) is -4.73. The number of carbonyl (C=O) groups is 4. The van der Waals surface area contributed by atoms with Crippen molar-refractivity contribution in [3.8, 4) is 0 Å². The zero-order valence-corrected chi connectivity index (χ0v) is 23.5. The third-order valence-corrected chi connectivity index (χ3v) is 10.4. The standard InChI is InChI=1S/C26H36F2O11S/c1-4-25(5-2,14-8-6-7-9-14)39-24(32)20-16-12-15-19(20)23(31)38-22(15)21(16)37-18(30)11-10-17(29)36-13(3)26(27,28)40(33,34)35/h13-16,19-22H,4-12H2,1-3H3,(H,33,34,35). The van der Waals surface area contributed by atoms with Gasteiger partial charge in [-0.25, -0.2) is 0 Å². The number of ether oxygens (including phenoxy) is 4. The molecule has 2 bridgehead atoms. The lowest BCUT2D eigenvalue weighted by Crippen LogP contribution is -2.48. The molecule has 1 saturated heterocycles. The molecule has 0 spiro atoms. The maximum atomic E-state index is 13.6. The van der Waals surface area contributed by atoms with E-state index in [1.807, 2.05) is 13.8 Å². The smallest absolute Gasteiger partial charge is 0.405 e. The second-order valence-electron chi connectivity index (χ2n) is 11.3. The van der Waals surface area contributed by atoms with Crippen molar-refractivity contribution in [1.82, 2.24) is 0 Å². The van der Waals surface area contributed by atoms with E-state index in [0.29, 0.717) is 26.2 Å². The molecular weight excluding hydrogens is 558 g/mol. The van der Waals surface area contributed by atoms with Crippen molar-refractivity contribution in [2.45, 2.75) is 108 Å². The Morgan fingerprint density at radius 1 is 1.07 bits per heavy atom. The molecule has 3 saturated carbocycles. The van der Waals surface area contributed by atoms with E-state index in [-0.39, 0.29) is 11.8 Å². The van der Waals surface area contributed by atoms with E-state index >= 15 is 0 Å². The summed E-state index contributed by atoms with van der Waals surface area (Å²) in [5.41, 5.74) is -0.632. The molecule has 1 heterocycles. The maximum Gasteiger partial charge on any atom is 0.405 e. The van der Waals surface area contributed by atoms with Gasteiger partial charge in [0.2, 0.25) is 0 Å². The van der Waals surface area contributed by atoms with Gasteiger partial charge in [-0.2, -0.15) is 17.2 Å². The summed E-state index contributed by atoms with van der Waals surface area (Å²) in [7, 11) is -5.82. The number of carbonyl (C=O) groups excluding carboxylic acids is 4. The fraction of sp³-hybridized carbons (Fsp3) is 0.846. The molecule has 0 amide bonds. The van der Waals surface area contributed by atoms with Crippen LogP contribution in [0.2, 0.25) is 0 Å². The van der Waals surface area contributed by atoms with E-state index in [0.717, 1.165) is 25.7 Å². The first-order valence-electron chi connectivity index (χ1n) is 13.8. The summed E-state index contributed by atoms with van der Waals surface area (Å²) >= 11 is 0. The van der Waals surface area contributed by atoms with Crippen LogP contribution in [-0.4, -0.2) is 66.0 Å². The van der Waals surface area contributed by atoms with Crippen LogP contribution in [0.25, 0.3) is 0 Å². The Morgan fingerprint density at radius 2 is 1.68 bits per heavy atom. The van der Waals surface area contributed by atoms with Crippen LogP contribution in [0, 0.1) is 29.6 Å². The number of esters is 4. The molecule has 0 aromatic heterocycles. The molecule has 11 nitrogen and oxygen atoms in total. The van der Waals surface area contributed by atoms with Crippen LogP contribution < -0.4 is 0 Å². The van der Waals surface area contributed by atoms with Crippen molar-refractivity contribution in [2.24, 2.45) is 29.6 Å². The van der Waals surface area contributed by atoms with Gasteiger partial charge in [-0.05, 0) is 44.9 Å². The summed E-state index contributed by atoms with van der Waals surface area (Å²) in [6.07, 6.45) is 0.329. The molecule has 4 rings (SSSR count). The van der Waals surface area contributed by atoms with Crippen LogP contribution >= 0.6 is 0 Å². The molecule has 40 heavy (non-hydrogen) atoms. The first-order chi connectivity index (χ1) is 18.7. The van der Waals surface area contributed by atoms with Gasteiger partial charge in [-0.3, -0.25) is 23.7 Å². The molecule has 0 radical (unpaired) electrons. The summed E-state index contributed by atoms with van der Waals surface area (Å²) in [6, 6.07) is 0. The molecule has 0 aromatic rings. The Balaban J connectivity index is 1.38. The summed E-state index contributed by atoms with van der Waals surface area (Å²) in [4.78, 5) is 50.8. The molecule has 4 aliphatic rings. The Morgan fingerprint density at radius 3 is 2.25 bits per heavy atom. The maximum absolute atomic E-state index is 13.6. The zero-order chi connectivity index (χ0) is 29.6. The highest BCUT2D eigenvalue weighted by Gasteiger charge is 2.70. The van der Waals surface area contributed by atoms with Crippen molar-refractivity contribution in [3.63, 3.8) is 0 Å².